The Labute approximate surface area is 146 Å². The summed E-state index contributed by atoms with van der Waals surface area (Å²) in [5, 5.41) is 6.70. The van der Waals surface area contributed by atoms with Gasteiger partial charge in [0.05, 0.1) is 5.92 Å². The van der Waals surface area contributed by atoms with Crippen molar-refractivity contribution in [2.75, 3.05) is 13.1 Å². The van der Waals surface area contributed by atoms with Crippen LogP contribution in [-0.2, 0) is 4.79 Å². The Bertz CT molecular complexity index is 468. The first kappa shape index (κ1) is 18.3. The summed E-state index contributed by atoms with van der Waals surface area (Å²) in [4.78, 5) is 13.0. The number of carbonyl (C=O) groups excluding carboxylic acids is 1. The maximum atomic E-state index is 13.0. The molecule has 1 atom stereocenters. The monoisotopic (exact) mass is 336 g/mol. The van der Waals surface area contributed by atoms with E-state index in [-0.39, 0.29) is 24.2 Å². The van der Waals surface area contributed by atoms with Gasteiger partial charge in [0, 0.05) is 6.04 Å². The summed E-state index contributed by atoms with van der Waals surface area (Å²) in [6, 6.07) is 10.8. The molecule has 3 nitrogen and oxygen atoms in total. The molecule has 1 aliphatic carbocycles. The lowest BCUT2D eigenvalue weighted by atomic mass is 9.76. The molecule has 3 rings (SSSR count). The van der Waals surface area contributed by atoms with E-state index >= 15 is 0 Å². The third kappa shape index (κ3) is 4.95. The van der Waals surface area contributed by atoms with Gasteiger partial charge in [-0.3, -0.25) is 4.79 Å². The normalized spacial score (nSPS) is 21.2. The van der Waals surface area contributed by atoms with Gasteiger partial charge in [-0.15, -0.1) is 12.4 Å². The fourth-order valence-electron chi connectivity index (χ4n) is 4.02. The molecule has 2 N–H and O–H groups in total. The Morgan fingerprint density at radius 3 is 2.30 bits per heavy atom. The molecule has 1 saturated heterocycles. The summed E-state index contributed by atoms with van der Waals surface area (Å²) in [6.07, 6.45) is 8.37. The first-order valence-corrected chi connectivity index (χ1v) is 8.90. The summed E-state index contributed by atoms with van der Waals surface area (Å²) < 4.78 is 0. The molecule has 0 spiro atoms. The number of amides is 1. The van der Waals surface area contributed by atoms with Gasteiger partial charge in [0.1, 0.15) is 0 Å². The van der Waals surface area contributed by atoms with E-state index < -0.39 is 0 Å². The van der Waals surface area contributed by atoms with Crippen LogP contribution in [0.4, 0.5) is 0 Å². The highest BCUT2D eigenvalue weighted by Crippen LogP contribution is 2.36. The molecule has 0 radical (unpaired) electrons. The largest absolute Gasteiger partial charge is 0.353 e. The number of carbonyl (C=O) groups is 1. The number of hydrogen-bond donors (Lipinski definition) is 2. The van der Waals surface area contributed by atoms with Crippen LogP contribution in [0.5, 0.6) is 0 Å². The molecule has 1 saturated carbocycles. The van der Waals surface area contributed by atoms with Crippen molar-refractivity contribution in [1.82, 2.24) is 10.6 Å². The lowest BCUT2D eigenvalue weighted by Gasteiger charge is -2.32. The van der Waals surface area contributed by atoms with E-state index in [0.29, 0.717) is 12.0 Å². The Hall–Kier alpha value is -1.06. The fraction of sp³-hybridized carbons (Fsp3) is 0.632. The molecule has 0 bridgehead atoms. The van der Waals surface area contributed by atoms with Gasteiger partial charge in [0.2, 0.25) is 5.91 Å². The van der Waals surface area contributed by atoms with E-state index in [1.54, 1.807) is 0 Å². The molecule has 1 aliphatic heterocycles. The van der Waals surface area contributed by atoms with Crippen molar-refractivity contribution in [3.63, 3.8) is 0 Å². The van der Waals surface area contributed by atoms with Crippen molar-refractivity contribution in [3.05, 3.63) is 35.9 Å². The summed E-state index contributed by atoms with van der Waals surface area (Å²) in [5.41, 5.74) is 1.20. The fourth-order valence-corrected chi connectivity index (χ4v) is 4.02. The number of hydrogen-bond acceptors (Lipinski definition) is 2. The summed E-state index contributed by atoms with van der Waals surface area (Å²) in [6.45, 7) is 2.04. The number of benzene rings is 1. The number of nitrogens with one attached hydrogen (secondary N) is 2. The second kappa shape index (κ2) is 9.29. The van der Waals surface area contributed by atoms with Gasteiger partial charge in [0.25, 0.3) is 0 Å². The average molecular weight is 337 g/mol. The summed E-state index contributed by atoms with van der Waals surface area (Å²) in [5.74, 6) is 0.805. The van der Waals surface area contributed by atoms with Gasteiger partial charge in [0.15, 0.2) is 0 Å². The maximum Gasteiger partial charge on any atom is 0.228 e. The topological polar surface area (TPSA) is 41.1 Å². The van der Waals surface area contributed by atoms with E-state index in [4.69, 9.17) is 0 Å². The molecule has 1 aromatic carbocycles. The molecule has 1 aromatic rings. The van der Waals surface area contributed by atoms with E-state index in [1.807, 2.05) is 6.07 Å². The van der Waals surface area contributed by atoms with Crippen molar-refractivity contribution in [1.29, 1.82) is 0 Å². The van der Waals surface area contributed by atoms with Crippen molar-refractivity contribution >= 4 is 18.3 Å². The Balaban J connectivity index is 0.00000192. The van der Waals surface area contributed by atoms with E-state index in [1.165, 1.54) is 37.7 Å². The van der Waals surface area contributed by atoms with Crippen LogP contribution in [0.15, 0.2) is 30.3 Å². The van der Waals surface area contributed by atoms with Crippen LogP contribution in [0.1, 0.15) is 56.4 Å². The van der Waals surface area contributed by atoms with Crippen LogP contribution in [-0.4, -0.2) is 25.0 Å². The highest BCUT2D eigenvalue weighted by atomic mass is 35.5. The third-order valence-corrected chi connectivity index (χ3v) is 5.25. The van der Waals surface area contributed by atoms with Gasteiger partial charge in [-0.25, -0.2) is 0 Å². The van der Waals surface area contributed by atoms with Gasteiger partial charge >= 0.3 is 0 Å². The molecular weight excluding hydrogens is 308 g/mol. The van der Waals surface area contributed by atoms with Crippen molar-refractivity contribution in [2.24, 2.45) is 5.92 Å². The molecular formula is C19H29ClN2O. The van der Waals surface area contributed by atoms with Crippen LogP contribution in [0, 0.1) is 5.92 Å². The first-order valence-electron chi connectivity index (χ1n) is 8.90. The Morgan fingerprint density at radius 2 is 1.65 bits per heavy atom. The predicted octanol–water partition coefficient (Wildman–Crippen LogP) is 3.64. The van der Waals surface area contributed by atoms with Gasteiger partial charge in [-0.05, 0) is 50.3 Å². The van der Waals surface area contributed by atoms with Crippen LogP contribution in [0.25, 0.3) is 0 Å². The van der Waals surface area contributed by atoms with Gasteiger partial charge < -0.3 is 10.6 Å². The lowest BCUT2D eigenvalue weighted by molar-refractivity contribution is -0.125. The van der Waals surface area contributed by atoms with Crippen LogP contribution in [0.3, 0.4) is 0 Å². The highest BCUT2D eigenvalue weighted by Gasteiger charge is 2.32. The quantitative estimate of drug-likeness (QED) is 0.881. The van der Waals surface area contributed by atoms with E-state index in [0.717, 1.165) is 25.9 Å². The van der Waals surface area contributed by atoms with E-state index in [9.17, 15) is 4.79 Å². The third-order valence-electron chi connectivity index (χ3n) is 5.25. The Kier molecular flexibility index (Phi) is 7.38. The zero-order valence-corrected chi connectivity index (χ0v) is 14.6. The minimum Gasteiger partial charge on any atom is -0.353 e. The molecule has 1 unspecified atom stereocenters. The predicted molar refractivity (Wildman–Crippen MR) is 97.0 cm³/mol. The number of halogens is 1. The minimum atomic E-state index is 0. The number of rotatable bonds is 4. The molecule has 128 valence electrons. The molecule has 23 heavy (non-hydrogen) atoms. The highest BCUT2D eigenvalue weighted by molar-refractivity contribution is 5.85. The molecule has 1 amide bonds. The molecule has 2 aliphatic rings. The standard InChI is InChI=1S/C19H28N2O.ClH/c22-19(21-17-11-13-20-14-12-17)18(15-7-3-1-4-8-15)16-9-5-2-6-10-16;/h1,3-4,7-8,16-18,20H,2,5-6,9-14H2,(H,21,22);1H. The smallest absolute Gasteiger partial charge is 0.228 e. The van der Waals surface area contributed by atoms with Crippen molar-refractivity contribution in [2.45, 2.75) is 56.9 Å². The summed E-state index contributed by atoms with van der Waals surface area (Å²) in [7, 11) is 0. The SMILES string of the molecule is Cl.O=C(NC1CCNCC1)C(c1ccccc1)C1CCCCC1. The van der Waals surface area contributed by atoms with Crippen molar-refractivity contribution in [3.8, 4) is 0 Å². The zero-order chi connectivity index (χ0) is 15.2. The number of piperidine rings is 1. The van der Waals surface area contributed by atoms with Crippen LogP contribution < -0.4 is 10.6 Å². The van der Waals surface area contributed by atoms with Crippen molar-refractivity contribution < 1.29 is 4.79 Å². The molecule has 1 heterocycles. The van der Waals surface area contributed by atoms with Gasteiger partial charge in [-0.1, -0.05) is 49.6 Å². The average Bonchev–Trinajstić information content (AvgIpc) is 2.58. The van der Waals surface area contributed by atoms with Crippen LogP contribution in [0.2, 0.25) is 0 Å². The second-order valence-electron chi connectivity index (χ2n) is 6.82. The zero-order valence-electron chi connectivity index (χ0n) is 13.8. The molecule has 0 aromatic heterocycles. The first-order chi connectivity index (χ1) is 10.8. The van der Waals surface area contributed by atoms with E-state index in [2.05, 4.69) is 34.9 Å². The maximum absolute atomic E-state index is 13.0. The second-order valence-corrected chi connectivity index (χ2v) is 6.82. The Morgan fingerprint density at radius 1 is 1.00 bits per heavy atom. The lowest BCUT2D eigenvalue weighted by Crippen LogP contribution is -2.45. The van der Waals surface area contributed by atoms with Gasteiger partial charge in [-0.2, -0.15) is 0 Å². The molecule has 2 fully saturated rings. The summed E-state index contributed by atoms with van der Waals surface area (Å²) >= 11 is 0. The molecule has 4 heteroatoms. The van der Waals surface area contributed by atoms with Crippen LogP contribution >= 0.6 is 12.4 Å². The minimum absolute atomic E-state index is 0.